The van der Waals surface area contributed by atoms with E-state index in [9.17, 15) is 24.6 Å². The highest BCUT2D eigenvalue weighted by atomic mass is 16.5. The van der Waals surface area contributed by atoms with Crippen molar-refractivity contribution in [1.29, 1.82) is 0 Å². The Hall–Kier alpha value is -4.24. The number of aliphatic carboxylic acids is 1. The Morgan fingerprint density at radius 3 is 2.42 bits per heavy atom. The first kappa shape index (κ1) is 24.9. The number of carbonyl (C=O) groups is 1. The predicted molar refractivity (Wildman–Crippen MR) is 135 cm³/mol. The van der Waals surface area contributed by atoms with Crippen LogP contribution in [0.5, 0.6) is 5.88 Å². The summed E-state index contributed by atoms with van der Waals surface area (Å²) in [7, 11) is 1.56. The van der Waals surface area contributed by atoms with Gasteiger partial charge in [-0.3, -0.25) is 14.2 Å². The molecule has 0 saturated heterocycles. The first-order chi connectivity index (χ1) is 17.4. The number of rotatable bonds is 10. The molecule has 0 bridgehead atoms. The zero-order valence-corrected chi connectivity index (χ0v) is 19.8. The maximum Gasteiger partial charge on any atom is 0.328 e. The van der Waals surface area contributed by atoms with Crippen LogP contribution >= 0.6 is 0 Å². The number of aliphatic hydroxyl groups is 1. The molecule has 0 aliphatic rings. The standard InChI is InChI=1S/C27H27N3O6/c1-36-24-13-11-19(16-28-24)18-9-6-17(7-10-18)8-12-23(31)21(26(33)34)14-15-30-25(32)20-4-2-3-5-22(20)29-27(30)35/h2-7,9-11,13,16,21,23,31H,8,12,14-15H2,1H3,(H,29,35)(H,33,34)/t21-,23+/m0/s1. The van der Waals surface area contributed by atoms with Crippen LogP contribution in [0.15, 0.2) is 76.4 Å². The smallest absolute Gasteiger partial charge is 0.328 e. The van der Waals surface area contributed by atoms with Gasteiger partial charge in [-0.25, -0.2) is 9.78 Å². The fourth-order valence-corrected chi connectivity index (χ4v) is 4.20. The van der Waals surface area contributed by atoms with E-state index in [-0.39, 0.29) is 19.4 Å². The van der Waals surface area contributed by atoms with Gasteiger partial charge < -0.3 is 19.9 Å². The van der Waals surface area contributed by atoms with Gasteiger partial charge in [0.15, 0.2) is 0 Å². The van der Waals surface area contributed by atoms with Crippen LogP contribution in [0.4, 0.5) is 0 Å². The van der Waals surface area contributed by atoms with Gasteiger partial charge in [-0.1, -0.05) is 36.4 Å². The van der Waals surface area contributed by atoms with Gasteiger partial charge in [-0.05, 0) is 48.6 Å². The molecule has 9 nitrogen and oxygen atoms in total. The van der Waals surface area contributed by atoms with Crippen molar-refractivity contribution in [3.63, 3.8) is 0 Å². The Kier molecular flexibility index (Phi) is 7.60. The number of H-pyrrole nitrogens is 1. The summed E-state index contributed by atoms with van der Waals surface area (Å²) in [6, 6.07) is 18.1. The van der Waals surface area contributed by atoms with Crippen molar-refractivity contribution in [2.24, 2.45) is 5.92 Å². The number of fused-ring (bicyclic) bond motifs is 1. The molecule has 186 valence electrons. The molecule has 2 atom stereocenters. The number of aliphatic hydroxyl groups excluding tert-OH is 1. The van der Waals surface area contributed by atoms with Gasteiger partial charge in [0, 0.05) is 24.4 Å². The third kappa shape index (κ3) is 5.52. The summed E-state index contributed by atoms with van der Waals surface area (Å²) in [4.78, 5) is 43.8. The van der Waals surface area contributed by atoms with E-state index < -0.39 is 29.2 Å². The van der Waals surface area contributed by atoms with Gasteiger partial charge in [0.2, 0.25) is 5.88 Å². The number of hydrogen-bond donors (Lipinski definition) is 3. The molecule has 9 heteroatoms. The van der Waals surface area contributed by atoms with E-state index in [0.29, 0.717) is 23.2 Å². The molecular formula is C27H27N3O6. The van der Waals surface area contributed by atoms with Crippen molar-refractivity contribution in [2.75, 3.05) is 7.11 Å². The lowest BCUT2D eigenvalue weighted by molar-refractivity contribution is -0.146. The summed E-state index contributed by atoms with van der Waals surface area (Å²) >= 11 is 0. The molecule has 0 spiro atoms. The zero-order valence-electron chi connectivity index (χ0n) is 19.8. The van der Waals surface area contributed by atoms with Crippen LogP contribution in [-0.2, 0) is 17.8 Å². The highest BCUT2D eigenvalue weighted by Crippen LogP contribution is 2.22. The molecule has 0 radical (unpaired) electrons. The van der Waals surface area contributed by atoms with Crippen molar-refractivity contribution in [3.8, 4) is 17.0 Å². The van der Waals surface area contributed by atoms with E-state index in [1.807, 2.05) is 30.3 Å². The molecule has 2 aromatic heterocycles. The molecule has 0 saturated carbocycles. The summed E-state index contributed by atoms with van der Waals surface area (Å²) in [5.41, 5.74) is 2.19. The number of aryl methyl sites for hydroxylation is 1. The molecule has 0 aliphatic heterocycles. The topological polar surface area (TPSA) is 135 Å². The summed E-state index contributed by atoms with van der Waals surface area (Å²) in [6.45, 7) is -0.113. The average Bonchev–Trinajstić information content (AvgIpc) is 2.89. The average molecular weight is 490 g/mol. The SMILES string of the molecule is COc1ccc(-c2ccc(CC[C@@H](O)[C@H](CCn3c(=O)[nH]c4ccccc4c3=O)C(=O)O)cc2)cn1. The van der Waals surface area contributed by atoms with Crippen LogP contribution < -0.4 is 16.0 Å². The van der Waals surface area contributed by atoms with E-state index in [4.69, 9.17) is 4.74 Å². The summed E-state index contributed by atoms with van der Waals surface area (Å²) < 4.78 is 6.06. The number of carboxylic acids is 1. The summed E-state index contributed by atoms with van der Waals surface area (Å²) in [6.07, 6.45) is 1.23. The third-order valence-corrected chi connectivity index (χ3v) is 6.30. The number of carboxylic acid groups (broad SMARTS) is 1. The first-order valence-electron chi connectivity index (χ1n) is 11.6. The second-order valence-corrected chi connectivity index (χ2v) is 8.56. The number of aromatic nitrogens is 3. The third-order valence-electron chi connectivity index (χ3n) is 6.30. The molecule has 4 rings (SSSR count). The summed E-state index contributed by atoms with van der Waals surface area (Å²) in [5, 5.41) is 20.7. The summed E-state index contributed by atoms with van der Waals surface area (Å²) in [5.74, 6) is -1.75. The van der Waals surface area contributed by atoms with Gasteiger partial charge in [-0.2, -0.15) is 0 Å². The fourth-order valence-electron chi connectivity index (χ4n) is 4.20. The van der Waals surface area contributed by atoms with Gasteiger partial charge >= 0.3 is 11.7 Å². The number of benzene rings is 2. The zero-order chi connectivity index (χ0) is 25.7. The number of ether oxygens (including phenoxy) is 1. The number of aromatic amines is 1. The van der Waals surface area contributed by atoms with Crippen LogP contribution in [-0.4, -0.2) is 43.9 Å². The van der Waals surface area contributed by atoms with Gasteiger partial charge in [-0.15, -0.1) is 0 Å². The Bertz CT molecular complexity index is 1460. The Labute approximate surface area is 206 Å². The normalized spacial score (nSPS) is 12.8. The molecule has 0 amide bonds. The van der Waals surface area contributed by atoms with Crippen LogP contribution in [0.1, 0.15) is 18.4 Å². The Morgan fingerprint density at radius 2 is 1.75 bits per heavy atom. The molecule has 0 fully saturated rings. The molecular weight excluding hydrogens is 462 g/mol. The Morgan fingerprint density at radius 1 is 1.03 bits per heavy atom. The minimum atomic E-state index is -1.17. The van der Waals surface area contributed by atoms with Crippen LogP contribution in [0.3, 0.4) is 0 Å². The minimum absolute atomic E-state index is 0.0543. The molecule has 2 heterocycles. The number of hydrogen-bond acceptors (Lipinski definition) is 6. The quantitative estimate of drug-likeness (QED) is 0.312. The van der Waals surface area contributed by atoms with Gasteiger partial charge in [0.25, 0.3) is 5.56 Å². The fraction of sp³-hybridized carbons (Fsp3) is 0.259. The van der Waals surface area contributed by atoms with Crippen LogP contribution in [0.2, 0.25) is 0 Å². The van der Waals surface area contributed by atoms with E-state index in [0.717, 1.165) is 21.3 Å². The van der Waals surface area contributed by atoms with E-state index in [2.05, 4.69) is 9.97 Å². The second kappa shape index (κ2) is 11.0. The van der Waals surface area contributed by atoms with Crippen LogP contribution in [0.25, 0.3) is 22.0 Å². The Balaban J connectivity index is 1.39. The lowest BCUT2D eigenvalue weighted by Crippen LogP contribution is -2.37. The second-order valence-electron chi connectivity index (χ2n) is 8.56. The molecule has 0 aliphatic carbocycles. The number of para-hydroxylation sites is 1. The number of methoxy groups -OCH3 is 1. The monoisotopic (exact) mass is 489 g/mol. The van der Waals surface area contributed by atoms with Crippen molar-refractivity contribution in [2.45, 2.75) is 31.9 Å². The number of pyridine rings is 1. The molecule has 4 aromatic rings. The first-order valence-corrected chi connectivity index (χ1v) is 11.6. The maximum absolute atomic E-state index is 12.7. The minimum Gasteiger partial charge on any atom is -0.481 e. The predicted octanol–water partition coefficient (Wildman–Crippen LogP) is 2.85. The van der Waals surface area contributed by atoms with Crippen molar-refractivity contribution in [1.82, 2.24) is 14.5 Å². The lowest BCUT2D eigenvalue weighted by Gasteiger charge is -2.19. The number of nitrogens with one attached hydrogen (secondary N) is 1. The van der Waals surface area contributed by atoms with Gasteiger partial charge in [0.05, 0.1) is 30.0 Å². The van der Waals surface area contributed by atoms with Crippen molar-refractivity contribution >= 4 is 16.9 Å². The van der Waals surface area contributed by atoms with Crippen molar-refractivity contribution in [3.05, 3.63) is 93.3 Å². The molecule has 36 heavy (non-hydrogen) atoms. The van der Waals surface area contributed by atoms with Crippen LogP contribution in [0, 0.1) is 5.92 Å². The van der Waals surface area contributed by atoms with E-state index in [1.165, 1.54) is 0 Å². The van der Waals surface area contributed by atoms with E-state index >= 15 is 0 Å². The number of nitrogens with zero attached hydrogens (tertiary/aromatic N) is 2. The highest BCUT2D eigenvalue weighted by molar-refractivity contribution is 5.76. The van der Waals surface area contributed by atoms with E-state index in [1.54, 1.807) is 43.6 Å². The maximum atomic E-state index is 12.7. The molecule has 0 unspecified atom stereocenters. The largest absolute Gasteiger partial charge is 0.481 e. The van der Waals surface area contributed by atoms with Gasteiger partial charge in [0.1, 0.15) is 0 Å². The molecule has 2 aromatic carbocycles. The highest BCUT2D eigenvalue weighted by Gasteiger charge is 2.26. The molecule has 3 N–H and O–H groups in total. The lowest BCUT2D eigenvalue weighted by atomic mass is 9.93. The van der Waals surface area contributed by atoms with Crippen molar-refractivity contribution < 1.29 is 19.7 Å².